The van der Waals surface area contributed by atoms with Gasteiger partial charge in [0, 0.05) is 0 Å². The van der Waals surface area contributed by atoms with Gasteiger partial charge in [-0.15, -0.1) is 0 Å². The van der Waals surface area contributed by atoms with Gasteiger partial charge < -0.3 is 10.8 Å². The number of carboxylic acid groups (broad SMARTS) is 1. The number of aromatic nitrogens is 2. The van der Waals surface area contributed by atoms with Crippen LogP contribution in [0, 0.1) is 12.7 Å². The number of amides is 1. The third-order valence-corrected chi connectivity index (χ3v) is 2.62. The Morgan fingerprint density at radius 2 is 2.11 bits per heavy atom. The molecule has 1 heterocycles. The van der Waals surface area contributed by atoms with E-state index in [0.717, 1.165) is 10.9 Å². The van der Waals surface area contributed by atoms with E-state index in [-0.39, 0.29) is 11.3 Å². The highest BCUT2D eigenvalue weighted by Crippen LogP contribution is 2.17. The maximum Gasteiger partial charge on any atom is 0.339 e. The van der Waals surface area contributed by atoms with Crippen LogP contribution in [-0.4, -0.2) is 26.8 Å². The first-order valence-corrected chi connectivity index (χ1v) is 5.29. The van der Waals surface area contributed by atoms with E-state index in [0.29, 0.717) is 11.3 Å². The minimum absolute atomic E-state index is 0.251. The zero-order valence-corrected chi connectivity index (χ0v) is 9.92. The number of carbonyl (C=O) groups is 2. The highest BCUT2D eigenvalue weighted by Gasteiger charge is 2.22. The average molecular weight is 263 g/mol. The molecule has 3 N–H and O–H groups in total. The van der Waals surface area contributed by atoms with E-state index in [4.69, 9.17) is 10.8 Å². The number of carbonyl (C=O) groups excluding carboxylic acids is 1. The standard InChI is InChI=1S/C12H10FN3O3/c1-6-4-7(2-3-9(6)13)16-10(11(14)17)8(5-15-16)12(18)19/h2-5H,1H3,(H2,14,17)(H,18,19). The Balaban J connectivity index is 2.65. The van der Waals surface area contributed by atoms with Gasteiger partial charge in [-0.25, -0.2) is 13.9 Å². The zero-order chi connectivity index (χ0) is 14.2. The number of hydrogen-bond donors (Lipinski definition) is 2. The maximum absolute atomic E-state index is 13.2. The van der Waals surface area contributed by atoms with Crippen LogP contribution in [0.4, 0.5) is 4.39 Å². The average Bonchev–Trinajstić information content (AvgIpc) is 2.77. The van der Waals surface area contributed by atoms with Gasteiger partial charge in [0.05, 0.1) is 11.9 Å². The van der Waals surface area contributed by atoms with Gasteiger partial charge in [-0.05, 0) is 30.7 Å². The van der Waals surface area contributed by atoms with Crippen LogP contribution in [0.15, 0.2) is 24.4 Å². The summed E-state index contributed by atoms with van der Waals surface area (Å²) in [5.74, 6) is -2.63. The van der Waals surface area contributed by atoms with E-state index in [2.05, 4.69) is 5.10 Å². The molecule has 2 rings (SSSR count). The first-order valence-electron chi connectivity index (χ1n) is 5.29. The Morgan fingerprint density at radius 3 is 2.63 bits per heavy atom. The molecule has 1 aromatic carbocycles. The lowest BCUT2D eigenvalue weighted by Crippen LogP contribution is -2.20. The normalized spacial score (nSPS) is 10.4. The third-order valence-electron chi connectivity index (χ3n) is 2.62. The number of nitrogens with zero attached hydrogens (tertiary/aromatic N) is 2. The SMILES string of the molecule is Cc1cc(-n2ncc(C(=O)O)c2C(N)=O)ccc1F. The first-order chi connectivity index (χ1) is 8.91. The number of halogens is 1. The van der Waals surface area contributed by atoms with Crippen molar-refractivity contribution in [3.05, 3.63) is 47.0 Å². The smallest absolute Gasteiger partial charge is 0.339 e. The van der Waals surface area contributed by atoms with Gasteiger partial charge in [-0.3, -0.25) is 4.79 Å². The van der Waals surface area contributed by atoms with Gasteiger partial charge in [0.25, 0.3) is 5.91 Å². The van der Waals surface area contributed by atoms with E-state index < -0.39 is 17.7 Å². The van der Waals surface area contributed by atoms with Crippen LogP contribution in [-0.2, 0) is 0 Å². The van der Waals surface area contributed by atoms with Gasteiger partial charge >= 0.3 is 5.97 Å². The zero-order valence-electron chi connectivity index (χ0n) is 9.92. The molecule has 1 amide bonds. The van der Waals surface area contributed by atoms with Crippen LogP contribution in [0.1, 0.15) is 26.4 Å². The number of nitrogens with two attached hydrogens (primary N) is 1. The summed E-state index contributed by atoms with van der Waals surface area (Å²) in [7, 11) is 0. The van der Waals surface area contributed by atoms with Crippen molar-refractivity contribution >= 4 is 11.9 Å². The highest BCUT2D eigenvalue weighted by molar-refractivity contribution is 6.03. The summed E-state index contributed by atoms with van der Waals surface area (Å²) in [6.45, 7) is 1.55. The Bertz CT molecular complexity index is 679. The molecule has 98 valence electrons. The summed E-state index contributed by atoms with van der Waals surface area (Å²) >= 11 is 0. The van der Waals surface area contributed by atoms with Crippen molar-refractivity contribution in [3.63, 3.8) is 0 Å². The van der Waals surface area contributed by atoms with Crippen molar-refractivity contribution in [3.8, 4) is 5.69 Å². The second kappa shape index (κ2) is 4.52. The number of primary amides is 1. The van der Waals surface area contributed by atoms with Crippen LogP contribution in [0.2, 0.25) is 0 Å². The fourth-order valence-electron chi connectivity index (χ4n) is 1.70. The molecular weight excluding hydrogens is 253 g/mol. The number of aromatic carboxylic acids is 1. The summed E-state index contributed by atoms with van der Waals surface area (Å²) in [5.41, 5.74) is 5.33. The molecule has 2 aromatic rings. The van der Waals surface area contributed by atoms with Crippen LogP contribution in [0.5, 0.6) is 0 Å². The minimum Gasteiger partial charge on any atom is -0.478 e. The van der Waals surface area contributed by atoms with Crippen LogP contribution >= 0.6 is 0 Å². The molecule has 0 saturated carbocycles. The first kappa shape index (κ1) is 12.7. The van der Waals surface area contributed by atoms with Gasteiger partial charge in [0.1, 0.15) is 17.1 Å². The molecule has 7 heteroatoms. The second-order valence-electron chi connectivity index (χ2n) is 3.92. The lowest BCUT2D eigenvalue weighted by Gasteiger charge is -2.07. The Labute approximate surface area is 107 Å². The molecule has 0 saturated heterocycles. The molecule has 0 aliphatic carbocycles. The van der Waals surface area contributed by atoms with Crippen molar-refractivity contribution in [2.75, 3.05) is 0 Å². The number of benzene rings is 1. The molecule has 0 radical (unpaired) electrons. The number of aryl methyl sites for hydroxylation is 1. The quantitative estimate of drug-likeness (QED) is 0.866. The molecule has 6 nitrogen and oxygen atoms in total. The molecule has 0 aliphatic rings. The van der Waals surface area contributed by atoms with E-state index in [1.165, 1.54) is 18.2 Å². The van der Waals surface area contributed by atoms with Crippen molar-refractivity contribution in [2.24, 2.45) is 5.73 Å². The summed E-state index contributed by atoms with van der Waals surface area (Å²) in [6, 6.07) is 4.03. The van der Waals surface area contributed by atoms with Crippen LogP contribution in [0.25, 0.3) is 5.69 Å². The summed E-state index contributed by atoms with van der Waals surface area (Å²) in [6.07, 6.45) is 1.03. The van der Waals surface area contributed by atoms with Crippen LogP contribution in [0.3, 0.4) is 0 Å². The number of hydrogen-bond acceptors (Lipinski definition) is 3. The molecule has 0 atom stereocenters. The van der Waals surface area contributed by atoms with Crippen molar-refractivity contribution in [1.82, 2.24) is 9.78 Å². The van der Waals surface area contributed by atoms with Gasteiger partial charge in [0.2, 0.25) is 0 Å². The Morgan fingerprint density at radius 1 is 1.42 bits per heavy atom. The molecule has 0 aliphatic heterocycles. The highest BCUT2D eigenvalue weighted by atomic mass is 19.1. The fraction of sp³-hybridized carbons (Fsp3) is 0.0833. The maximum atomic E-state index is 13.2. The van der Waals surface area contributed by atoms with Crippen molar-refractivity contribution in [1.29, 1.82) is 0 Å². The predicted octanol–water partition coefficient (Wildman–Crippen LogP) is 1.12. The molecule has 0 bridgehead atoms. The molecule has 19 heavy (non-hydrogen) atoms. The fourth-order valence-corrected chi connectivity index (χ4v) is 1.70. The summed E-state index contributed by atoms with van der Waals surface area (Å²) < 4.78 is 14.3. The predicted molar refractivity (Wildman–Crippen MR) is 63.7 cm³/mol. The van der Waals surface area contributed by atoms with E-state index >= 15 is 0 Å². The van der Waals surface area contributed by atoms with Gasteiger partial charge in [0.15, 0.2) is 0 Å². The number of rotatable bonds is 3. The molecule has 1 aromatic heterocycles. The van der Waals surface area contributed by atoms with Gasteiger partial charge in [-0.2, -0.15) is 5.10 Å². The minimum atomic E-state index is -1.31. The van der Waals surface area contributed by atoms with E-state index in [1.54, 1.807) is 6.92 Å². The largest absolute Gasteiger partial charge is 0.478 e. The lowest BCUT2D eigenvalue weighted by molar-refractivity contribution is 0.0692. The number of carboxylic acids is 1. The Hall–Kier alpha value is -2.70. The molecule has 0 spiro atoms. The monoisotopic (exact) mass is 263 g/mol. The van der Waals surface area contributed by atoms with Crippen molar-refractivity contribution < 1.29 is 19.1 Å². The van der Waals surface area contributed by atoms with E-state index in [9.17, 15) is 14.0 Å². The summed E-state index contributed by atoms with van der Waals surface area (Å²) in [4.78, 5) is 22.3. The lowest BCUT2D eigenvalue weighted by atomic mass is 10.2. The topological polar surface area (TPSA) is 98.2 Å². The van der Waals surface area contributed by atoms with Crippen molar-refractivity contribution in [2.45, 2.75) is 6.92 Å². The van der Waals surface area contributed by atoms with Crippen LogP contribution < -0.4 is 5.73 Å². The molecular formula is C12H10FN3O3. The molecule has 0 fully saturated rings. The van der Waals surface area contributed by atoms with Gasteiger partial charge in [-0.1, -0.05) is 0 Å². The third kappa shape index (κ3) is 2.17. The second-order valence-corrected chi connectivity index (χ2v) is 3.92. The van der Waals surface area contributed by atoms with E-state index in [1.807, 2.05) is 0 Å². The molecule has 0 unspecified atom stereocenters. The Kier molecular flexibility index (Phi) is 3.04. The summed E-state index contributed by atoms with van der Waals surface area (Å²) in [5, 5.41) is 12.8.